The zero-order valence-electron chi connectivity index (χ0n) is 7.51. The summed E-state index contributed by atoms with van der Waals surface area (Å²) in [5.41, 5.74) is -0.159. The predicted molar refractivity (Wildman–Crippen MR) is 48.3 cm³/mol. The van der Waals surface area contributed by atoms with Crippen LogP contribution < -0.4 is 10.1 Å². The monoisotopic (exact) mass is 181 g/mol. The Bertz CT molecular complexity index is 310. The molecule has 0 amide bonds. The van der Waals surface area contributed by atoms with Crippen molar-refractivity contribution in [2.75, 3.05) is 13.1 Å². The fourth-order valence-corrected chi connectivity index (χ4v) is 1.36. The summed E-state index contributed by atoms with van der Waals surface area (Å²) in [4.78, 5) is 0. The van der Waals surface area contributed by atoms with Crippen molar-refractivity contribution < 1.29 is 9.13 Å². The fraction of sp³-hybridized carbons (Fsp3) is 0.400. The quantitative estimate of drug-likeness (QED) is 0.747. The van der Waals surface area contributed by atoms with Gasteiger partial charge in [0.05, 0.1) is 0 Å². The average Bonchev–Trinajstić information content (AvgIpc) is 2.01. The average molecular weight is 181 g/mol. The third-order valence-corrected chi connectivity index (χ3v) is 2.16. The molecule has 1 aliphatic rings. The maximum absolute atomic E-state index is 12.8. The number of hydrogen-bond acceptors (Lipinski definition) is 2. The first-order valence-corrected chi connectivity index (χ1v) is 4.33. The van der Waals surface area contributed by atoms with Crippen molar-refractivity contribution in [2.45, 2.75) is 12.5 Å². The second-order valence-electron chi connectivity index (χ2n) is 3.61. The molecule has 2 rings (SSSR count). The Morgan fingerprint density at radius 3 is 2.77 bits per heavy atom. The number of ether oxygens (including phenoxy) is 1. The van der Waals surface area contributed by atoms with Crippen LogP contribution in [0.1, 0.15) is 6.92 Å². The topological polar surface area (TPSA) is 21.3 Å². The van der Waals surface area contributed by atoms with Gasteiger partial charge in [-0.1, -0.05) is 6.07 Å². The molecule has 13 heavy (non-hydrogen) atoms. The van der Waals surface area contributed by atoms with Gasteiger partial charge >= 0.3 is 0 Å². The van der Waals surface area contributed by atoms with Gasteiger partial charge in [-0.2, -0.15) is 0 Å². The van der Waals surface area contributed by atoms with Gasteiger partial charge in [-0.15, -0.1) is 0 Å². The normalized spacial score (nSPS) is 19.2. The second kappa shape index (κ2) is 3.00. The molecule has 0 unspecified atom stereocenters. The lowest BCUT2D eigenvalue weighted by Crippen LogP contribution is -2.61. The first kappa shape index (κ1) is 8.51. The Kier molecular flexibility index (Phi) is 1.96. The van der Waals surface area contributed by atoms with E-state index in [-0.39, 0.29) is 11.4 Å². The molecule has 0 aromatic heterocycles. The molecule has 3 heteroatoms. The number of hydrogen-bond donors (Lipinski definition) is 1. The predicted octanol–water partition coefficient (Wildman–Crippen LogP) is 1.57. The van der Waals surface area contributed by atoms with Crippen molar-refractivity contribution in [3.63, 3.8) is 0 Å². The molecule has 1 saturated heterocycles. The van der Waals surface area contributed by atoms with Gasteiger partial charge < -0.3 is 10.1 Å². The highest BCUT2D eigenvalue weighted by molar-refractivity contribution is 5.24. The van der Waals surface area contributed by atoms with Crippen LogP contribution in [0.15, 0.2) is 24.3 Å². The SMILES string of the molecule is CC1(Oc2cccc(F)c2)CNC1. The molecule has 1 N–H and O–H groups in total. The first-order chi connectivity index (χ1) is 6.18. The van der Waals surface area contributed by atoms with Crippen molar-refractivity contribution in [3.8, 4) is 5.75 Å². The summed E-state index contributed by atoms with van der Waals surface area (Å²) in [6, 6.07) is 6.24. The third kappa shape index (κ3) is 1.80. The van der Waals surface area contributed by atoms with Gasteiger partial charge in [-0.05, 0) is 19.1 Å². The molecule has 0 atom stereocenters. The highest BCUT2D eigenvalue weighted by Gasteiger charge is 2.33. The van der Waals surface area contributed by atoms with Crippen LogP contribution in [0.5, 0.6) is 5.75 Å². The van der Waals surface area contributed by atoms with Crippen LogP contribution in [-0.2, 0) is 0 Å². The molecule has 1 aromatic carbocycles. The third-order valence-electron chi connectivity index (χ3n) is 2.16. The van der Waals surface area contributed by atoms with Gasteiger partial charge in [0, 0.05) is 19.2 Å². The Morgan fingerprint density at radius 2 is 2.23 bits per heavy atom. The smallest absolute Gasteiger partial charge is 0.131 e. The minimum absolute atomic E-state index is 0.159. The highest BCUT2D eigenvalue weighted by atomic mass is 19.1. The van der Waals surface area contributed by atoms with E-state index in [4.69, 9.17) is 4.74 Å². The summed E-state index contributed by atoms with van der Waals surface area (Å²) < 4.78 is 18.4. The Labute approximate surface area is 76.7 Å². The molecular weight excluding hydrogens is 169 g/mol. The lowest BCUT2D eigenvalue weighted by molar-refractivity contribution is 0.0346. The van der Waals surface area contributed by atoms with Crippen LogP contribution in [0.4, 0.5) is 4.39 Å². The lowest BCUT2D eigenvalue weighted by Gasteiger charge is -2.39. The van der Waals surface area contributed by atoms with Crippen LogP contribution in [0, 0.1) is 5.82 Å². The zero-order chi connectivity index (χ0) is 9.31. The lowest BCUT2D eigenvalue weighted by atomic mass is 10.00. The molecule has 1 aliphatic heterocycles. The number of rotatable bonds is 2. The van der Waals surface area contributed by atoms with Crippen molar-refractivity contribution >= 4 is 0 Å². The number of halogens is 1. The van der Waals surface area contributed by atoms with Crippen molar-refractivity contribution in [3.05, 3.63) is 30.1 Å². The molecule has 0 bridgehead atoms. The van der Waals surface area contributed by atoms with Crippen LogP contribution in [0.3, 0.4) is 0 Å². The molecule has 2 nitrogen and oxygen atoms in total. The number of nitrogens with one attached hydrogen (secondary N) is 1. The molecule has 1 aromatic rings. The van der Waals surface area contributed by atoms with Crippen LogP contribution in [0.2, 0.25) is 0 Å². The first-order valence-electron chi connectivity index (χ1n) is 4.33. The molecule has 0 spiro atoms. The maximum Gasteiger partial charge on any atom is 0.131 e. The van der Waals surface area contributed by atoms with E-state index in [0.29, 0.717) is 5.75 Å². The van der Waals surface area contributed by atoms with E-state index < -0.39 is 0 Å². The molecule has 1 heterocycles. The molecular formula is C10H12FNO. The summed E-state index contributed by atoms with van der Waals surface area (Å²) in [6.45, 7) is 3.65. The summed E-state index contributed by atoms with van der Waals surface area (Å²) in [6.07, 6.45) is 0. The van der Waals surface area contributed by atoms with Gasteiger partial charge in [0.1, 0.15) is 17.2 Å². The van der Waals surface area contributed by atoms with Crippen molar-refractivity contribution in [2.24, 2.45) is 0 Å². The Hall–Kier alpha value is -1.09. The van der Waals surface area contributed by atoms with Gasteiger partial charge in [0.15, 0.2) is 0 Å². The maximum atomic E-state index is 12.8. The van der Waals surface area contributed by atoms with E-state index in [9.17, 15) is 4.39 Å². The van der Waals surface area contributed by atoms with E-state index >= 15 is 0 Å². The molecule has 1 fully saturated rings. The zero-order valence-corrected chi connectivity index (χ0v) is 7.51. The summed E-state index contributed by atoms with van der Waals surface area (Å²) in [7, 11) is 0. The van der Waals surface area contributed by atoms with Crippen LogP contribution in [-0.4, -0.2) is 18.7 Å². The molecule has 70 valence electrons. The fourth-order valence-electron chi connectivity index (χ4n) is 1.36. The largest absolute Gasteiger partial charge is 0.485 e. The standard InChI is InChI=1S/C10H12FNO/c1-10(6-12-7-10)13-9-4-2-3-8(11)5-9/h2-5,12H,6-7H2,1H3. The minimum Gasteiger partial charge on any atom is -0.485 e. The summed E-state index contributed by atoms with van der Waals surface area (Å²) in [5, 5.41) is 3.12. The van der Waals surface area contributed by atoms with Crippen molar-refractivity contribution in [1.82, 2.24) is 5.32 Å². The Balaban J connectivity index is 2.09. The summed E-state index contributed by atoms with van der Waals surface area (Å²) in [5.74, 6) is 0.345. The number of benzene rings is 1. The van der Waals surface area contributed by atoms with Crippen LogP contribution >= 0.6 is 0 Å². The van der Waals surface area contributed by atoms with Gasteiger partial charge in [-0.3, -0.25) is 0 Å². The van der Waals surface area contributed by atoms with Gasteiger partial charge in [-0.25, -0.2) is 4.39 Å². The van der Waals surface area contributed by atoms with E-state index in [2.05, 4.69) is 5.32 Å². The molecule has 0 aliphatic carbocycles. The van der Waals surface area contributed by atoms with E-state index in [1.54, 1.807) is 12.1 Å². The molecule has 0 saturated carbocycles. The summed E-state index contributed by atoms with van der Waals surface area (Å²) >= 11 is 0. The van der Waals surface area contributed by atoms with Gasteiger partial charge in [0.25, 0.3) is 0 Å². The molecule has 0 radical (unpaired) electrons. The Morgan fingerprint density at radius 1 is 1.46 bits per heavy atom. The van der Waals surface area contributed by atoms with Crippen LogP contribution in [0.25, 0.3) is 0 Å². The minimum atomic E-state index is -0.256. The highest BCUT2D eigenvalue weighted by Crippen LogP contribution is 2.21. The van der Waals surface area contributed by atoms with Gasteiger partial charge in [0.2, 0.25) is 0 Å². The van der Waals surface area contributed by atoms with E-state index in [1.807, 2.05) is 6.92 Å². The van der Waals surface area contributed by atoms with E-state index in [1.165, 1.54) is 12.1 Å². The van der Waals surface area contributed by atoms with E-state index in [0.717, 1.165) is 13.1 Å². The second-order valence-corrected chi connectivity index (χ2v) is 3.61. The van der Waals surface area contributed by atoms with Crippen molar-refractivity contribution in [1.29, 1.82) is 0 Å².